The number of hydrogen-bond donors (Lipinski definition) is 1. The summed E-state index contributed by atoms with van der Waals surface area (Å²) >= 11 is 1.85. The molecule has 0 aromatic carbocycles. The van der Waals surface area contributed by atoms with Crippen molar-refractivity contribution in [3.8, 4) is 10.6 Å². The lowest BCUT2D eigenvalue weighted by Gasteiger charge is -1.93. The lowest BCUT2D eigenvalue weighted by atomic mass is 10.1. The number of thiophene rings is 1. The van der Waals surface area contributed by atoms with Gasteiger partial charge in [-0.05, 0) is 44.2 Å². The molecule has 0 bridgehead atoms. The highest BCUT2D eigenvalue weighted by molar-refractivity contribution is 7.15. The maximum atomic E-state index is 5.70. The molecule has 90 valence electrons. The summed E-state index contributed by atoms with van der Waals surface area (Å²) in [4.78, 5) is 2.73. The molecule has 0 unspecified atom stereocenters. The standard InChI is InChI=1S/C13H16N2OS/c1-8-12(15-16-13(8)14)11-7-9-5-3-2-4-6-10(9)17-11/h7H,2-6,14H2,1H3. The van der Waals surface area contributed by atoms with Crippen molar-refractivity contribution in [1.82, 2.24) is 5.16 Å². The highest BCUT2D eigenvalue weighted by atomic mass is 32.1. The fourth-order valence-electron chi connectivity index (χ4n) is 2.36. The van der Waals surface area contributed by atoms with E-state index in [9.17, 15) is 0 Å². The summed E-state index contributed by atoms with van der Waals surface area (Å²) in [7, 11) is 0. The number of fused-ring (bicyclic) bond motifs is 1. The minimum atomic E-state index is 0.434. The van der Waals surface area contributed by atoms with Crippen LogP contribution in [0.1, 0.15) is 35.3 Å². The predicted octanol–water partition coefficient (Wildman–Crippen LogP) is 3.56. The molecule has 0 fully saturated rings. The number of rotatable bonds is 1. The Bertz CT molecular complexity index is 518. The van der Waals surface area contributed by atoms with Gasteiger partial charge in [-0.2, -0.15) is 0 Å². The number of hydrogen-bond acceptors (Lipinski definition) is 4. The van der Waals surface area contributed by atoms with E-state index in [1.54, 1.807) is 0 Å². The molecule has 0 aliphatic heterocycles. The highest BCUT2D eigenvalue weighted by Crippen LogP contribution is 2.36. The first kappa shape index (κ1) is 10.8. The van der Waals surface area contributed by atoms with Gasteiger partial charge < -0.3 is 10.3 Å². The first-order chi connectivity index (χ1) is 8.25. The summed E-state index contributed by atoms with van der Waals surface area (Å²) in [6.45, 7) is 1.96. The van der Waals surface area contributed by atoms with Crippen LogP contribution in [0.3, 0.4) is 0 Å². The number of nitrogens with zero attached hydrogens (tertiary/aromatic N) is 1. The molecule has 1 aliphatic carbocycles. The van der Waals surface area contributed by atoms with Crippen molar-refractivity contribution >= 4 is 17.2 Å². The van der Waals surface area contributed by atoms with Crippen LogP contribution in [0, 0.1) is 6.92 Å². The van der Waals surface area contributed by atoms with Crippen LogP contribution in [0.15, 0.2) is 10.6 Å². The zero-order valence-electron chi connectivity index (χ0n) is 9.95. The van der Waals surface area contributed by atoms with Gasteiger partial charge in [-0.25, -0.2) is 0 Å². The first-order valence-electron chi connectivity index (χ1n) is 6.09. The van der Waals surface area contributed by atoms with E-state index >= 15 is 0 Å². The zero-order valence-corrected chi connectivity index (χ0v) is 10.8. The summed E-state index contributed by atoms with van der Waals surface area (Å²) in [5, 5.41) is 4.06. The number of nitrogens with two attached hydrogens (primary N) is 1. The molecule has 4 heteroatoms. The van der Waals surface area contributed by atoms with Gasteiger partial charge in [-0.15, -0.1) is 11.3 Å². The normalized spacial score (nSPS) is 15.6. The zero-order chi connectivity index (χ0) is 11.8. The summed E-state index contributed by atoms with van der Waals surface area (Å²) in [5.41, 5.74) is 9.08. The fourth-order valence-corrected chi connectivity index (χ4v) is 3.65. The molecular formula is C13H16N2OS. The first-order valence-corrected chi connectivity index (χ1v) is 6.91. The van der Waals surface area contributed by atoms with Gasteiger partial charge in [0.1, 0.15) is 5.69 Å². The van der Waals surface area contributed by atoms with Crippen LogP contribution in [0.5, 0.6) is 0 Å². The average Bonchev–Trinajstić information content (AvgIpc) is 2.78. The maximum absolute atomic E-state index is 5.70. The molecule has 3 nitrogen and oxygen atoms in total. The summed E-state index contributed by atoms with van der Waals surface area (Å²) < 4.78 is 5.04. The van der Waals surface area contributed by atoms with E-state index in [1.165, 1.54) is 47.4 Å². The van der Waals surface area contributed by atoms with Crippen LogP contribution in [0.2, 0.25) is 0 Å². The second-order valence-corrected chi connectivity index (χ2v) is 5.78. The van der Waals surface area contributed by atoms with E-state index in [1.807, 2.05) is 18.3 Å². The lowest BCUT2D eigenvalue weighted by Crippen LogP contribution is -1.83. The number of aromatic nitrogens is 1. The molecule has 0 saturated heterocycles. The molecule has 1 aliphatic rings. The van der Waals surface area contributed by atoms with Crippen molar-refractivity contribution in [2.45, 2.75) is 39.0 Å². The number of aryl methyl sites for hydroxylation is 2. The molecule has 0 amide bonds. The van der Waals surface area contributed by atoms with Gasteiger partial charge in [0, 0.05) is 10.4 Å². The molecule has 2 N–H and O–H groups in total. The summed E-state index contributed by atoms with van der Waals surface area (Å²) in [5.74, 6) is 0.434. The Kier molecular flexibility index (Phi) is 2.67. The molecule has 2 aromatic rings. The Morgan fingerprint density at radius 2 is 2.12 bits per heavy atom. The Hall–Kier alpha value is -1.29. The Morgan fingerprint density at radius 3 is 2.88 bits per heavy atom. The molecular weight excluding hydrogens is 232 g/mol. The van der Waals surface area contributed by atoms with Gasteiger partial charge in [-0.1, -0.05) is 11.6 Å². The van der Waals surface area contributed by atoms with Crippen LogP contribution < -0.4 is 5.73 Å². The second kappa shape index (κ2) is 4.18. The van der Waals surface area contributed by atoms with Crippen LogP contribution in [-0.2, 0) is 12.8 Å². The predicted molar refractivity (Wildman–Crippen MR) is 70.2 cm³/mol. The molecule has 2 aromatic heterocycles. The number of anilines is 1. The third-order valence-corrected chi connectivity index (χ3v) is 4.68. The van der Waals surface area contributed by atoms with E-state index in [0.29, 0.717) is 5.88 Å². The largest absolute Gasteiger partial charge is 0.367 e. The van der Waals surface area contributed by atoms with Crippen LogP contribution in [0.4, 0.5) is 5.88 Å². The Labute approximate surface area is 105 Å². The van der Waals surface area contributed by atoms with E-state index in [0.717, 1.165) is 11.3 Å². The number of nitrogen functional groups attached to an aromatic ring is 1. The van der Waals surface area contributed by atoms with Gasteiger partial charge in [-0.3, -0.25) is 0 Å². The Morgan fingerprint density at radius 1 is 1.29 bits per heavy atom. The van der Waals surface area contributed by atoms with Crippen molar-refractivity contribution in [3.63, 3.8) is 0 Å². The van der Waals surface area contributed by atoms with Gasteiger partial charge in [0.05, 0.1) is 4.88 Å². The highest BCUT2D eigenvalue weighted by Gasteiger charge is 2.17. The smallest absolute Gasteiger partial charge is 0.225 e. The average molecular weight is 248 g/mol. The maximum Gasteiger partial charge on any atom is 0.225 e. The monoisotopic (exact) mass is 248 g/mol. The third-order valence-electron chi connectivity index (χ3n) is 3.44. The summed E-state index contributed by atoms with van der Waals surface area (Å²) in [6.07, 6.45) is 6.40. The van der Waals surface area contributed by atoms with Crippen molar-refractivity contribution in [3.05, 3.63) is 22.1 Å². The molecule has 2 heterocycles. The van der Waals surface area contributed by atoms with Gasteiger partial charge >= 0.3 is 0 Å². The molecule has 0 spiro atoms. The van der Waals surface area contributed by atoms with E-state index in [-0.39, 0.29) is 0 Å². The van der Waals surface area contributed by atoms with Crippen LogP contribution >= 0.6 is 11.3 Å². The van der Waals surface area contributed by atoms with Crippen LogP contribution in [0.25, 0.3) is 10.6 Å². The second-order valence-electron chi connectivity index (χ2n) is 4.64. The SMILES string of the molecule is Cc1c(-c2cc3c(s2)CCCCC3)noc1N. The molecule has 3 rings (SSSR count). The van der Waals surface area contributed by atoms with Gasteiger partial charge in [0.25, 0.3) is 0 Å². The molecule has 0 atom stereocenters. The van der Waals surface area contributed by atoms with Gasteiger partial charge in [0.2, 0.25) is 5.88 Å². The molecule has 0 saturated carbocycles. The van der Waals surface area contributed by atoms with E-state index in [4.69, 9.17) is 10.3 Å². The molecule has 17 heavy (non-hydrogen) atoms. The van der Waals surface area contributed by atoms with Gasteiger partial charge in [0.15, 0.2) is 0 Å². The minimum absolute atomic E-state index is 0.434. The topological polar surface area (TPSA) is 52.0 Å². The third kappa shape index (κ3) is 1.86. The van der Waals surface area contributed by atoms with Crippen molar-refractivity contribution in [2.24, 2.45) is 0 Å². The van der Waals surface area contributed by atoms with Crippen molar-refractivity contribution < 1.29 is 4.52 Å². The summed E-state index contributed by atoms with van der Waals surface area (Å²) in [6, 6.07) is 2.27. The minimum Gasteiger partial charge on any atom is -0.367 e. The van der Waals surface area contributed by atoms with E-state index < -0.39 is 0 Å². The Balaban J connectivity index is 2.02. The quantitative estimate of drug-likeness (QED) is 0.785. The van der Waals surface area contributed by atoms with Crippen molar-refractivity contribution in [2.75, 3.05) is 5.73 Å². The van der Waals surface area contributed by atoms with Crippen molar-refractivity contribution in [1.29, 1.82) is 0 Å². The van der Waals surface area contributed by atoms with Crippen LogP contribution in [-0.4, -0.2) is 5.16 Å². The van der Waals surface area contributed by atoms with E-state index in [2.05, 4.69) is 11.2 Å². The molecule has 0 radical (unpaired) electrons. The lowest BCUT2D eigenvalue weighted by molar-refractivity contribution is 0.439. The fraction of sp³-hybridized carbons (Fsp3) is 0.462.